The summed E-state index contributed by atoms with van der Waals surface area (Å²) in [6, 6.07) is 5.80. The number of nitrogens with two attached hydrogens (primary N) is 1. The number of amides is 1. The van der Waals surface area contributed by atoms with Crippen molar-refractivity contribution in [1.82, 2.24) is 34.6 Å². The maximum Gasteiger partial charge on any atom is 0.246 e. The van der Waals surface area contributed by atoms with E-state index in [-0.39, 0.29) is 11.9 Å². The number of nitrogen functional groups attached to an aromatic ring is 1. The number of hydrogen-bond acceptors (Lipinski definition) is 6. The third kappa shape index (κ3) is 3.28. The highest BCUT2D eigenvalue weighted by molar-refractivity contribution is 5.91. The van der Waals surface area contributed by atoms with E-state index >= 15 is 0 Å². The molecule has 31 heavy (non-hydrogen) atoms. The number of nitrogens with zero attached hydrogens (tertiary/aromatic N) is 6. The minimum atomic E-state index is -0.0860. The van der Waals surface area contributed by atoms with Crippen LogP contribution in [0.25, 0.3) is 22.1 Å². The SMILES string of the molecule is C=CC(=O)N1CCC(n2nc(C#Cc3ccc4[nH]c(C)nc4c3)c3c(N)ncnc32)C1. The van der Waals surface area contributed by atoms with E-state index in [0.717, 1.165) is 28.8 Å². The molecule has 9 heteroatoms. The number of H-pyrrole nitrogens is 1. The van der Waals surface area contributed by atoms with Crippen LogP contribution in [0.4, 0.5) is 5.82 Å². The van der Waals surface area contributed by atoms with E-state index in [4.69, 9.17) is 10.8 Å². The number of fused-ring (bicyclic) bond motifs is 2. The minimum absolute atomic E-state index is 0.0142. The maximum absolute atomic E-state index is 12.0. The second kappa shape index (κ2) is 7.25. The number of benzene rings is 1. The van der Waals surface area contributed by atoms with Crippen LogP contribution in [-0.4, -0.2) is 53.6 Å². The number of nitrogens with one attached hydrogen (secondary N) is 1. The summed E-state index contributed by atoms with van der Waals surface area (Å²) in [5.41, 5.74) is 9.93. The summed E-state index contributed by atoms with van der Waals surface area (Å²) in [6.07, 6.45) is 3.52. The minimum Gasteiger partial charge on any atom is -0.383 e. The van der Waals surface area contributed by atoms with Crippen LogP contribution in [0.5, 0.6) is 0 Å². The van der Waals surface area contributed by atoms with Gasteiger partial charge in [-0.25, -0.2) is 19.6 Å². The highest BCUT2D eigenvalue weighted by Gasteiger charge is 2.29. The summed E-state index contributed by atoms with van der Waals surface area (Å²) < 4.78 is 1.81. The Balaban J connectivity index is 1.54. The molecule has 1 amide bonds. The lowest BCUT2D eigenvalue weighted by Crippen LogP contribution is -2.27. The fraction of sp³-hybridized carbons (Fsp3) is 0.227. The number of imidazole rings is 1. The van der Waals surface area contributed by atoms with Gasteiger partial charge in [-0.1, -0.05) is 12.5 Å². The van der Waals surface area contributed by atoms with Gasteiger partial charge >= 0.3 is 0 Å². The molecule has 0 bridgehead atoms. The van der Waals surface area contributed by atoms with E-state index in [1.54, 1.807) is 4.90 Å². The summed E-state index contributed by atoms with van der Waals surface area (Å²) in [4.78, 5) is 29.9. The molecule has 0 saturated carbocycles. The van der Waals surface area contributed by atoms with Gasteiger partial charge < -0.3 is 15.6 Å². The van der Waals surface area contributed by atoms with Crippen molar-refractivity contribution < 1.29 is 4.79 Å². The second-order valence-electron chi connectivity index (χ2n) is 7.49. The van der Waals surface area contributed by atoms with Crippen molar-refractivity contribution in [3.05, 3.63) is 54.3 Å². The molecule has 3 aromatic heterocycles. The smallest absolute Gasteiger partial charge is 0.246 e. The summed E-state index contributed by atoms with van der Waals surface area (Å²) in [5.74, 6) is 7.38. The van der Waals surface area contributed by atoms with Gasteiger partial charge in [0, 0.05) is 18.7 Å². The summed E-state index contributed by atoms with van der Waals surface area (Å²) >= 11 is 0. The van der Waals surface area contributed by atoms with Crippen LogP contribution in [0, 0.1) is 18.8 Å². The van der Waals surface area contributed by atoms with Crippen molar-refractivity contribution in [3.63, 3.8) is 0 Å². The van der Waals surface area contributed by atoms with Crippen molar-refractivity contribution in [2.75, 3.05) is 18.8 Å². The van der Waals surface area contributed by atoms with Gasteiger partial charge in [-0.3, -0.25) is 4.79 Å². The van der Waals surface area contributed by atoms with Gasteiger partial charge in [-0.15, -0.1) is 0 Å². The van der Waals surface area contributed by atoms with Gasteiger partial charge in [0.2, 0.25) is 5.91 Å². The van der Waals surface area contributed by atoms with Crippen molar-refractivity contribution in [2.45, 2.75) is 19.4 Å². The van der Waals surface area contributed by atoms with E-state index in [9.17, 15) is 4.79 Å². The molecule has 5 rings (SSSR count). The standard InChI is InChI=1S/C22H20N8O/c1-3-19(31)29-9-8-15(11-29)30-22-20(21(23)24-12-25-22)17(28-30)7-5-14-4-6-16-18(10-14)27-13(2)26-16/h3-4,6,10,12,15H,1,8-9,11H2,2H3,(H,26,27)(H2,23,24,25). The number of aromatic amines is 1. The van der Waals surface area contributed by atoms with Crippen molar-refractivity contribution in [3.8, 4) is 11.8 Å². The van der Waals surface area contributed by atoms with E-state index in [1.165, 1.54) is 12.4 Å². The topological polar surface area (TPSA) is 119 Å². The molecule has 1 atom stereocenters. The Kier molecular flexibility index (Phi) is 4.40. The van der Waals surface area contributed by atoms with Crippen LogP contribution in [0.3, 0.4) is 0 Å². The number of hydrogen-bond donors (Lipinski definition) is 2. The number of anilines is 1. The average molecular weight is 412 g/mol. The van der Waals surface area contributed by atoms with Crippen LogP contribution >= 0.6 is 0 Å². The largest absolute Gasteiger partial charge is 0.383 e. The molecule has 1 aliphatic rings. The van der Waals surface area contributed by atoms with Gasteiger partial charge in [-0.2, -0.15) is 5.10 Å². The molecule has 1 aromatic carbocycles. The molecule has 4 heterocycles. The first-order valence-corrected chi connectivity index (χ1v) is 9.92. The molecule has 1 saturated heterocycles. The van der Waals surface area contributed by atoms with Gasteiger partial charge in [0.05, 0.1) is 22.5 Å². The molecule has 154 valence electrons. The molecule has 0 spiro atoms. The summed E-state index contributed by atoms with van der Waals surface area (Å²) in [7, 11) is 0. The van der Waals surface area contributed by atoms with Crippen LogP contribution in [0.2, 0.25) is 0 Å². The third-order valence-electron chi connectivity index (χ3n) is 5.44. The van der Waals surface area contributed by atoms with Crippen molar-refractivity contribution in [2.24, 2.45) is 0 Å². The Morgan fingerprint density at radius 2 is 2.23 bits per heavy atom. The van der Waals surface area contributed by atoms with Gasteiger partial charge in [0.1, 0.15) is 23.7 Å². The highest BCUT2D eigenvalue weighted by atomic mass is 16.2. The monoisotopic (exact) mass is 412 g/mol. The molecule has 0 radical (unpaired) electrons. The number of carbonyl (C=O) groups is 1. The predicted octanol–water partition coefficient (Wildman–Crippen LogP) is 1.95. The Hall–Kier alpha value is -4.19. The molecule has 1 unspecified atom stereocenters. The molecular weight excluding hydrogens is 392 g/mol. The zero-order valence-electron chi connectivity index (χ0n) is 17.0. The van der Waals surface area contributed by atoms with Gasteiger partial charge in [0.15, 0.2) is 5.65 Å². The Bertz CT molecular complexity index is 1400. The molecule has 1 fully saturated rings. The average Bonchev–Trinajstić information content (AvgIpc) is 3.47. The number of rotatable bonds is 2. The van der Waals surface area contributed by atoms with E-state index in [2.05, 4.69) is 38.4 Å². The van der Waals surface area contributed by atoms with Gasteiger partial charge in [0.25, 0.3) is 0 Å². The maximum atomic E-state index is 12.0. The Labute approximate surface area is 178 Å². The first-order valence-electron chi connectivity index (χ1n) is 9.92. The van der Waals surface area contributed by atoms with Crippen LogP contribution in [-0.2, 0) is 4.79 Å². The lowest BCUT2D eigenvalue weighted by Gasteiger charge is -2.14. The van der Waals surface area contributed by atoms with E-state index in [1.807, 2.05) is 29.8 Å². The second-order valence-corrected chi connectivity index (χ2v) is 7.49. The lowest BCUT2D eigenvalue weighted by atomic mass is 10.2. The third-order valence-corrected chi connectivity index (χ3v) is 5.44. The Morgan fingerprint density at radius 3 is 3.06 bits per heavy atom. The van der Waals surface area contributed by atoms with Crippen LogP contribution in [0.1, 0.15) is 29.5 Å². The fourth-order valence-electron chi connectivity index (χ4n) is 3.95. The molecular formula is C22H20N8O. The normalized spacial score (nSPS) is 15.9. The molecule has 3 N–H and O–H groups in total. The number of aromatic nitrogens is 6. The molecule has 4 aromatic rings. The number of aryl methyl sites for hydroxylation is 1. The van der Waals surface area contributed by atoms with Crippen molar-refractivity contribution >= 4 is 33.8 Å². The van der Waals surface area contributed by atoms with E-state index in [0.29, 0.717) is 35.6 Å². The first kappa shape index (κ1) is 18.8. The summed E-state index contributed by atoms with van der Waals surface area (Å²) in [5, 5.41) is 5.33. The fourth-order valence-corrected chi connectivity index (χ4v) is 3.95. The highest BCUT2D eigenvalue weighted by Crippen LogP contribution is 2.28. The van der Waals surface area contributed by atoms with Crippen LogP contribution < -0.4 is 5.73 Å². The van der Waals surface area contributed by atoms with Crippen LogP contribution in [0.15, 0.2) is 37.2 Å². The van der Waals surface area contributed by atoms with E-state index < -0.39 is 0 Å². The predicted molar refractivity (Wildman–Crippen MR) is 117 cm³/mol. The zero-order chi connectivity index (χ0) is 21.5. The number of carbonyl (C=O) groups excluding carboxylic acids is 1. The molecule has 9 nitrogen and oxygen atoms in total. The first-order chi connectivity index (χ1) is 15.0. The zero-order valence-corrected chi connectivity index (χ0v) is 17.0. The lowest BCUT2D eigenvalue weighted by molar-refractivity contribution is -0.125. The molecule has 1 aliphatic heterocycles. The quantitative estimate of drug-likeness (QED) is 0.384. The Morgan fingerprint density at radius 1 is 1.35 bits per heavy atom. The van der Waals surface area contributed by atoms with Crippen molar-refractivity contribution in [1.29, 1.82) is 0 Å². The van der Waals surface area contributed by atoms with Gasteiger partial charge in [-0.05, 0) is 43.5 Å². The number of likely N-dealkylation sites (tertiary alicyclic amines) is 1. The summed E-state index contributed by atoms with van der Waals surface area (Å²) in [6.45, 7) is 6.66. The molecule has 0 aliphatic carbocycles.